The third kappa shape index (κ3) is 2.42. The number of nitrogen functional groups attached to an aromatic ring is 1. The van der Waals surface area contributed by atoms with E-state index in [2.05, 4.69) is 35.6 Å². The van der Waals surface area contributed by atoms with Gasteiger partial charge in [-0.1, -0.05) is 30.3 Å². The van der Waals surface area contributed by atoms with Crippen LogP contribution in [-0.4, -0.2) is 16.0 Å². The number of thioether (sulfide) groups is 1. The molecule has 0 aliphatic rings. The first kappa shape index (κ1) is 12.8. The monoisotopic (exact) mass is 281 g/mol. The molecule has 0 unspecified atom stereocenters. The zero-order chi connectivity index (χ0) is 13.9. The van der Waals surface area contributed by atoms with Gasteiger partial charge in [-0.3, -0.25) is 0 Å². The van der Waals surface area contributed by atoms with Crippen molar-refractivity contribution < 1.29 is 0 Å². The Morgan fingerprint density at radius 1 is 1.00 bits per heavy atom. The minimum Gasteiger partial charge on any atom is -0.384 e. The largest absolute Gasteiger partial charge is 0.384 e. The molecule has 3 aromatic rings. The number of para-hydroxylation sites is 1. The lowest BCUT2D eigenvalue weighted by molar-refractivity contribution is 0.895. The highest BCUT2D eigenvalue weighted by atomic mass is 32.2. The topological polar surface area (TPSA) is 43.8 Å². The minimum absolute atomic E-state index is 0.639. The number of nitrogens with zero attached hydrogens (tertiary/aromatic N) is 2. The molecule has 4 heteroatoms. The van der Waals surface area contributed by atoms with Crippen molar-refractivity contribution in [2.75, 3.05) is 12.0 Å². The Morgan fingerprint density at radius 3 is 2.35 bits per heavy atom. The highest BCUT2D eigenvalue weighted by Crippen LogP contribution is 2.25. The summed E-state index contributed by atoms with van der Waals surface area (Å²) in [6, 6.07) is 20.1. The predicted molar refractivity (Wildman–Crippen MR) is 85.2 cm³/mol. The second-order valence-corrected chi connectivity index (χ2v) is 5.31. The lowest BCUT2D eigenvalue weighted by atomic mass is 10.1. The summed E-state index contributed by atoms with van der Waals surface area (Å²) in [5.41, 5.74) is 8.99. The Labute approximate surface area is 122 Å². The molecule has 2 aromatic carbocycles. The SMILES string of the molecule is CSc1ccc(-c2cc(N)n(-c3ccccc3)n2)cc1. The molecule has 0 amide bonds. The van der Waals surface area contributed by atoms with Gasteiger partial charge in [0.15, 0.2) is 0 Å². The lowest BCUT2D eigenvalue weighted by Crippen LogP contribution is -2.01. The number of hydrogen-bond acceptors (Lipinski definition) is 3. The molecule has 0 aliphatic heterocycles. The van der Waals surface area contributed by atoms with Gasteiger partial charge in [0.1, 0.15) is 5.82 Å². The van der Waals surface area contributed by atoms with E-state index < -0.39 is 0 Å². The van der Waals surface area contributed by atoms with Gasteiger partial charge in [0, 0.05) is 16.5 Å². The van der Waals surface area contributed by atoms with Crippen LogP contribution in [0.25, 0.3) is 16.9 Å². The van der Waals surface area contributed by atoms with E-state index in [1.165, 1.54) is 4.90 Å². The molecule has 0 aliphatic carbocycles. The van der Waals surface area contributed by atoms with Crippen molar-refractivity contribution in [1.82, 2.24) is 9.78 Å². The average molecular weight is 281 g/mol. The zero-order valence-corrected chi connectivity index (χ0v) is 12.0. The summed E-state index contributed by atoms with van der Waals surface area (Å²) >= 11 is 1.73. The molecule has 3 nitrogen and oxygen atoms in total. The van der Waals surface area contributed by atoms with Crippen LogP contribution in [0.3, 0.4) is 0 Å². The molecule has 0 radical (unpaired) electrons. The maximum atomic E-state index is 6.06. The predicted octanol–water partition coefficient (Wildman–Crippen LogP) is 3.84. The number of aromatic nitrogens is 2. The van der Waals surface area contributed by atoms with E-state index in [0.29, 0.717) is 5.82 Å². The summed E-state index contributed by atoms with van der Waals surface area (Å²) in [5.74, 6) is 0.639. The molecule has 0 saturated carbocycles. The van der Waals surface area contributed by atoms with Crippen LogP contribution >= 0.6 is 11.8 Å². The molecule has 3 rings (SSSR count). The van der Waals surface area contributed by atoms with Crippen molar-refractivity contribution in [3.05, 3.63) is 60.7 Å². The summed E-state index contributed by atoms with van der Waals surface area (Å²) in [5, 5.41) is 4.59. The number of anilines is 1. The summed E-state index contributed by atoms with van der Waals surface area (Å²) < 4.78 is 1.76. The summed E-state index contributed by atoms with van der Waals surface area (Å²) in [6.45, 7) is 0. The second kappa shape index (κ2) is 5.43. The number of benzene rings is 2. The Balaban J connectivity index is 2.00. The highest BCUT2D eigenvalue weighted by Gasteiger charge is 2.08. The van der Waals surface area contributed by atoms with Crippen LogP contribution in [0.1, 0.15) is 0 Å². The third-order valence-corrected chi connectivity index (χ3v) is 3.87. The molecule has 1 aromatic heterocycles. The van der Waals surface area contributed by atoms with Gasteiger partial charge < -0.3 is 5.73 Å². The first-order chi connectivity index (χ1) is 9.78. The molecule has 100 valence electrons. The fourth-order valence-corrected chi connectivity index (χ4v) is 2.48. The average Bonchev–Trinajstić information content (AvgIpc) is 2.90. The summed E-state index contributed by atoms with van der Waals surface area (Å²) in [7, 11) is 0. The maximum Gasteiger partial charge on any atom is 0.127 e. The molecule has 0 atom stereocenters. The molecule has 20 heavy (non-hydrogen) atoms. The number of rotatable bonds is 3. The van der Waals surface area contributed by atoms with Gasteiger partial charge in [0.2, 0.25) is 0 Å². The van der Waals surface area contributed by atoms with Gasteiger partial charge >= 0.3 is 0 Å². The minimum atomic E-state index is 0.639. The van der Waals surface area contributed by atoms with E-state index in [9.17, 15) is 0 Å². The maximum absolute atomic E-state index is 6.06. The van der Waals surface area contributed by atoms with Crippen LogP contribution in [0.4, 0.5) is 5.82 Å². The fourth-order valence-electron chi connectivity index (χ4n) is 2.07. The first-order valence-electron chi connectivity index (χ1n) is 6.33. The molecule has 0 bridgehead atoms. The standard InChI is InChI=1S/C16H15N3S/c1-20-14-9-7-12(8-10-14)15-11-16(17)19(18-15)13-5-3-2-4-6-13/h2-11H,17H2,1H3. The zero-order valence-electron chi connectivity index (χ0n) is 11.2. The van der Waals surface area contributed by atoms with E-state index in [1.807, 2.05) is 36.4 Å². The van der Waals surface area contributed by atoms with Gasteiger partial charge in [-0.25, -0.2) is 4.68 Å². The Morgan fingerprint density at radius 2 is 1.70 bits per heavy atom. The van der Waals surface area contributed by atoms with Gasteiger partial charge in [-0.15, -0.1) is 11.8 Å². The molecular weight excluding hydrogens is 266 g/mol. The van der Waals surface area contributed by atoms with Gasteiger partial charge in [0.25, 0.3) is 0 Å². The van der Waals surface area contributed by atoms with Gasteiger partial charge in [-0.05, 0) is 30.5 Å². The van der Waals surface area contributed by atoms with Gasteiger partial charge in [0.05, 0.1) is 11.4 Å². The van der Waals surface area contributed by atoms with Crippen molar-refractivity contribution in [2.45, 2.75) is 4.90 Å². The molecule has 1 heterocycles. The summed E-state index contributed by atoms with van der Waals surface area (Å²) in [6.07, 6.45) is 2.07. The second-order valence-electron chi connectivity index (χ2n) is 4.43. The van der Waals surface area contributed by atoms with Crippen molar-refractivity contribution >= 4 is 17.6 Å². The molecule has 0 saturated heterocycles. The van der Waals surface area contributed by atoms with Gasteiger partial charge in [-0.2, -0.15) is 5.10 Å². The van der Waals surface area contributed by atoms with Crippen LogP contribution in [0.15, 0.2) is 65.6 Å². The van der Waals surface area contributed by atoms with Crippen LogP contribution < -0.4 is 5.73 Å². The van der Waals surface area contributed by atoms with Crippen LogP contribution in [0, 0.1) is 0 Å². The van der Waals surface area contributed by atoms with Crippen molar-refractivity contribution in [2.24, 2.45) is 0 Å². The summed E-state index contributed by atoms with van der Waals surface area (Å²) in [4.78, 5) is 1.24. The Bertz CT molecular complexity index is 702. The van der Waals surface area contributed by atoms with Crippen molar-refractivity contribution in [3.8, 4) is 16.9 Å². The van der Waals surface area contributed by atoms with Crippen LogP contribution in [0.5, 0.6) is 0 Å². The van der Waals surface area contributed by atoms with Crippen LogP contribution in [-0.2, 0) is 0 Å². The van der Waals surface area contributed by atoms with E-state index in [4.69, 9.17) is 5.73 Å². The molecular formula is C16H15N3S. The molecule has 0 spiro atoms. The fraction of sp³-hybridized carbons (Fsp3) is 0.0625. The van der Waals surface area contributed by atoms with E-state index in [-0.39, 0.29) is 0 Å². The van der Waals surface area contributed by atoms with Crippen molar-refractivity contribution in [3.63, 3.8) is 0 Å². The highest BCUT2D eigenvalue weighted by molar-refractivity contribution is 7.98. The quantitative estimate of drug-likeness (QED) is 0.742. The van der Waals surface area contributed by atoms with E-state index >= 15 is 0 Å². The normalized spacial score (nSPS) is 10.7. The molecule has 2 N–H and O–H groups in total. The van der Waals surface area contributed by atoms with Crippen molar-refractivity contribution in [1.29, 1.82) is 0 Å². The van der Waals surface area contributed by atoms with Crippen LogP contribution in [0.2, 0.25) is 0 Å². The third-order valence-electron chi connectivity index (χ3n) is 3.12. The molecule has 0 fully saturated rings. The lowest BCUT2D eigenvalue weighted by Gasteiger charge is -2.02. The number of hydrogen-bond donors (Lipinski definition) is 1. The number of nitrogens with two attached hydrogens (primary N) is 1. The Hall–Kier alpha value is -2.20. The smallest absolute Gasteiger partial charge is 0.127 e. The van der Waals surface area contributed by atoms with E-state index in [0.717, 1.165) is 16.9 Å². The first-order valence-corrected chi connectivity index (χ1v) is 7.56. The van der Waals surface area contributed by atoms with E-state index in [1.54, 1.807) is 16.4 Å². The Kier molecular flexibility index (Phi) is 3.48.